The topological polar surface area (TPSA) is 87.2 Å². The molecular formula is C20H25IN6O. The molecule has 0 fully saturated rings. The van der Waals surface area contributed by atoms with Crippen LogP contribution in [0.15, 0.2) is 59.9 Å². The maximum absolute atomic E-state index is 5.67. The predicted molar refractivity (Wildman–Crippen MR) is 122 cm³/mol. The normalized spacial score (nSPS) is 10.9. The maximum Gasteiger partial charge on any atom is 0.191 e. The Morgan fingerprint density at radius 1 is 1.11 bits per heavy atom. The van der Waals surface area contributed by atoms with Crippen LogP contribution in [0.4, 0.5) is 0 Å². The van der Waals surface area contributed by atoms with Gasteiger partial charge in [-0.15, -0.1) is 24.0 Å². The van der Waals surface area contributed by atoms with Gasteiger partial charge in [-0.3, -0.25) is 10.1 Å². The van der Waals surface area contributed by atoms with Crippen molar-refractivity contribution in [2.45, 2.75) is 20.0 Å². The molecular weight excluding hydrogens is 467 g/mol. The zero-order valence-corrected chi connectivity index (χ0v) is 18.3. The summed E-state index contributed by atoms with van der Waals surface area (Å²) in [6, 6.07) is 16.1. The van der Waals surface area contributed by atoms with E-state index in [4.69, 9.17) is 4.74 Å². The van der Waals surface area contributed by atoms with Gasteiger partial charge >= 0.3 is 0 Å². The number of rotatable bonds is 7. The molecule has 148 valence electrons. The summed E-state index contributed by atoms with van der Waals surface area (Å²) in [4.78, 5) is 8.48. The van der Waals surface area contributed by atoms with Crippen LogP contribution in [0.3, 0.4) is 0 Å². The van der Waals surface area contributed by atoms with Crippen molar-refractivity contribution in [1.29, 1.82) is 0 Å². The summed E-state index contributed by atoms with van der Waals surface area (Å²) in [5.41, 5.74) is 3.22. The van der Waals surface area contributed by atoms with E-state index in [-0.39, 0.29) is 24.0 Å². The number of aromatic nitrogens is 3. The van der Waals surface area contributed by atoms with Crippen LogP contribution in [-0.2, 0) is 13.1 Å². The van der Waals surface area contributed by atoms with E-state index in [1.165, 1.54) is 6.33 Å². The molecule has 0 aliphatic heterocycles. The Bertz CT molecular complexity index is 882. The van der Waals surface area contributed by atoms with E-state index in [9.17, 15) is 0 Å². The van der Waals surface area contributed by atoms with Gasteiger partial charge in [-0.05, 0) is 24.6 Å². The Labute approximate surface area is 182 Å². The van der Waals surface area contributed by atoms with E-state index >= 15 is 0 Å². The molecule has 28 heavy (non-hydrogen) atoms. The molecule has 0 spiro atoms. The third-order valence-electron chi connectivity index (χ3n) is 4.02. The molecule has 3 rings (SSSR count). The summed E-state index contributed by atoms with van der Waals surface area (Å²) in [6.07, 6.45) is 1.51. The van der Waals surface area contributed by atoms with Crippen molar-refractivity contribution < 1.29 is 4.74 Å². The molecule has 2 aromatic carbocycles. The summed E-state index contributed by atoms with van der Waals surface area (Å²) >= 11 is 0. The molecule has 0 saturated carbocycles. The molecule has 0 bridgehead atoms. The number of benzene rings is 2. The molecule has 0 amide bonds. The first-order valence-corrected chi connectivity index (χ1v) is 8.90. The monoisotopic (exact) mass is 492 g/mol. The largest absolute Gasteiger partial charge is 0.494 e. The van der Waals surface area contributed by atoms with E-state index in [0.717, 1.165) is 34.2 Å². The lowest BCUT2D eigenvalue weighted by Gasteiger charge is -2.14. The zero-order chi connectivity index (χ0) is 18.9. The highest BCUT2D eigenvalue weighted by Gasteiger charge is 2.05. The molecule has 1 aromatic heterocycles. The Balaban J connectivity index is 0.00000280. The Hall–Kier alpha value is -2.62. The first-order valence-electron chi connectivity index (χ1n) is 8.90. The van der Waals surface area contributed by atoms with Gasteiger partial charge in [0.15, 0.2) is 11.8 Å². The smallest absolute Gasteiger partial charge is 0.191 e. The van der Waals surface area contributed by atoms with E-state index in [2.05, 4.69) is 42.9 Å². The molecule has 3 N–H and O–H groups in total. The number of ether oxygens (including phenoxy) is 1. The molecule has 0 unspecified atom stereocenters. The quantitative estimate of drug-likeness (QED) is 0.268. The highest BCUT2D eigenvalue weighted by atomic mass is 127. The van der Waals surface area contributed by atoms with E-state index in [1.54, 1.807) is 7.05 Å². The molecule has 0 aliphatic carbocycles. The van der Waals surface area contributed by atoms with E-state index in [0.29, 0.717) is 19.7 Å². The number of aromatic amines is 1. The predicted octanol–water partition coefficient (Wildman–Crippen LogP) is 3.35. The van der Waals surface area contributed by atoms with Gasteiger partial charge < -0.3 is 15.4 Å². The van der Waals surface area contributed by atoms with Crippen LogP contribution in [0.25, 0.3) is 11.4 Å². The minimum atomic E-state index is 0. The van der Waals surface area contributed by atoms with Crippen molar-refractivity contribution in [2.75, 3.05) is 13.7 Å². The number of aliphatic imine (C=N–C) groups is 1. The molecule has 3 aromatic rings. The fraction of sp³-hybridized carbons (Fsp3) is 0.250. The molecule has 0 atom stereocenters. The number of hydrogen-bond acceptors (Lipinski definition) is 4. The standard InChI is InChI=1S/C20H24N6O.HI/c1-3-27-18-10-5-4-8-17(18)13-23-20(21-2)22-12-15-7-6-9-16(11-15)19-24-14-25-26-19;/h4-11,14H,3,12-13H2,1-2H3,(H2,21,22,23)(H,24,25,26);1H. The van der Waals surface area contributed by atoms with Gasteiger partial charge in [0.05, 0.1) is 6.61 Å². The lowest BCUT2D eigenvalue weighted by atomic mass is 10.1. The van der Waals surface area contributed by atoms with Crippen molar-refractivity contribution >= 4 is 29.9 Å². The van der Waals surface area contributed by atoms with Crippen molar-refractivity contribution in [2.24, 2.45) is 4.99 Å². The summed E-state index contributed by atoms with van der Waals surface area (Å²) in [5, 5.41) is 13.4. The van der Waals surface area contributed by atoms with Gasteiger partial charge in [0, 0.05) is 31.3 Å². The Kier molecular flexibility index (Phi) is 8.73. The second kappa shape index (κ2) is 11.3. The lowest BCUT2D eigenvalue weighted by Crippen LogP contribution is -2.36. The first kappa shape index (κ1) is 21.7. The van der Waals surface area contributed by atoms with Gasteiger partial charge in [-0.2, -0.15) is 5.10 Å². The second-order valence-corrected chi connectivity index (χ2v) is 5.85. The number of guanidine groups is 1. The SMILES string of the molecule is CCOc1ccccc1CNC(=NC)NCc1cccc(-c2ncn[nH]2)c1.I. The second-order valence-electron chi connectivity index (χ2n) is 5.85. The van der Waals surface area contributed by atoms with Crippen LogP contribution in [0.1, 0.15) is 18.1 Å². The number of halogens is 1. The average Bonchev–Trinajstić information content (AvgIpc) is 3.25. The van der Waals surface area contributed by atoms with Crippen LogP contribution in [0, 0.1) is 0 Å². The van der Waals surface area contributed by atoms with Crippen molar-refractivity contribution in [3.63, 3.8) is 0 Å². The van der Waals surface area contributed by atoms with Crippen molar-refractivity contribution in [3.05, 3.63) is 66.0 Å². The number of H-pyrrole nitrogens is 1. The molecule has 8 heteroatoms. The number of nitrogens with zero attached hydrogens (tertiary/aromatic N) is 3. The highest BCUT2D eigenvalue weighted by Crippen LogP contribution is 2.17. The van der Waals surface area contributed by atoms with Gasteiger partial charge in [0.2, 0.25) is 0 Å². The third kappa shape index (κ3) is 5.95. The van der Waals surface area contributed by atoms with Gasteiger partial charge in [0.1, 0.15) is 12.1 Å². The van der Waals surface area contributed by atoms with Gasteiger partial charge in [-0.25, -0.2) is 4.98 Å². The molecule has 1 heterocycles. The summed E-state index contributed by atoms with van der Waals surface area (Å²) in [6.45, 7) is 3.91. The molecule has 7 nitrogen and oxygen atoms in total. The molecule has 0 saturated heterocycles. The fourth-order valence-corrected chi connectivity index (χ4v) is 2.70. The molecule has 0 radical (unpaired) electrons. The fourth-order valence-electron chi connectivity index (χ4n) is 2.70. The minimum absolute atomic E-state index is 0. The van der Waals surface area contributed by atoms with Crippen LogP contribution in [0.2, 0.25) is 0 Å². The Morgan fingerprint density at radius 3 is 2.68 bits per heavy atom. The van der Waals surface area contributed by atoms with Crippen LogP contribution in [-0.4, -0.2) is 34.8 Å². The van der Waals surface area contributed by atoms with Crippen molar-refractivity contribution in [1.82, 2.24) is 25.8 Å². The summed E-state index contributed by atoms with van der Waals surface area (Å²) in [7, 11) is 1.76. The summed E-state index contributed by atoms with van der Waals surface area (Å²) in [5.74, 6) is 2.38. The maximum atomic E-state index is 5.67. The molecule has 0 aliphatic rings. The van der Waals surface area contributed by atoms with Crippen LogP contribution >= 0.6 is 24.0 Å². The summed E-state index contributed by atoms with van der Waals surface area (Å²) < 4.78 is 5.67. The number of hydrogen-bond donors (Lipinski definition) is 3. The van der Waals surface area contributed by atoms with Crippen LogP contribution < -0.4 is 15.4 Å². The van der Waals surface area contributed by atoms with Crippen LogP contribution in [0.5, 0.6) is 5.75 Å². The number of nitrogens with one attached hydrogen (secondary N) is 3. The van der Waals surface area contributed by atoms with E-state index in [1.807, 2.05) is 43.3 Å². The van der Waals surface area contributed by atoms with E-state index < -0.39 is 0 Å². The van der Waals surface area contributed by atoms with Gasteiger partial charge in [0.25, 0.3) is 0 Å². The van der Waals surface area contributed by atoms with Gasteiger partial charge in [-0.1, -0.05) is 36.4 Å². The Morgan fingerprint density at radius 2 is 1.93 bits per heavy atom. The first-order chi connectivity index (χ1) is 13.3. The highest BCUT2D eigenvalue weighted by molar-refractivity contribution is 14.0. The number of para-hydroxylation sites is 1. The zero-order valence-electron chi connectivity index (χ0n) is 16.0. The average molecular weight is 492 g/mol. The lowest BCUT2D eigenvalue weighted by molar-refractivity contribution is 0.336. The minimum Gasteiger partial charge on any atom is -0.494 e. The third-order valence-corrected chi connectivity index (χ3v) is 4.02. The van der Waals surface area contributed by atoms with Crippen molar-refractivity contribution in [3.8, 4) is 17.1 Å².